The lowest BCUT2D eigenvalue weighted by Gasteiger charge is -2.27. The SMILES string of the molecule is C=CCN1C(=O)/C(=C/c2cn(Cc3ccc(Cl)c(Cl)c3)c3ccccc23)C(=O)NC1=S. The zero-order valence-corrected chi connectivity index (χ0v) is 18.6. The number of rotatable bonds is 5. The van der Waals surface area contributed by atoms with E-state index >= 15 is 0 Å². The van der Waals surface area contributed by atoms with E-state index in [2.05, 4.69) is 11.9 Å². The number of aromatic nitrogens is 1. The van der Waals surface area contributed by atoms with Gasteiger partial charge in [0.05, 0.1) is 10.0 Å². The van der Waals surface area contributed by atoms with Crippen LogP contribution in [-0.4, -0.2) is 32.9 Å². The molecule has 2 heterocycles. The van der Waals surface area contributed by atoms with Gasteiger partial charge in [0.15, 0.2) is 5.11 Å². The topological polar surface area (TPSA) is 54.3 Å². The lowest BCUT2D eigenvalue weighted by Crippen LogP contribution is -2.53. The molecule has 3 aromatic rings. The van der Waals surface area contributed by atoms with Crippen LogP contribution in [0.2, 0.25) is 10.0 Å². The first-order chi connectivity index (χ1) is 14.9. The van der Waals surface area contributed by atoms with E-state index in [-0.39, 0.29) is 17.2 Å². The lowest BCUT2D eigenvalue weighted by atomic mass is 10.1. The quantitative estimate of drug-likeness (QED) is 0.252. The molecule has 156 valence electrons. The van der Waals surface area contributed by atoms with Gasteiger partial charge in [-0.3, -0.25) is 19.8 Å². The van der Waals surface area contributed by atoms with Crippen LogP contribution in [-0.2, 0) is 16.1 Å². The van der Waals surface area contributed by atoms with Gasteiger partial charge in [-0.15, -0.1) is 6.58 Å². The van der Waals surface area contributed by atoms with Crippen molar-refractivity contribution in [3.05, 3.63) is 88.1 Å². The summed E-state index contributed by atoms with van der Waals surface area (Å²) in [6.07, 6.45) is 5.07. The molecule has 0 unspecified atom stereocenters. The Morgan fingerprint density at radius 1 is 1.10 bits per heavy atom. The molecule has 31 heavy (non-hydrogen) atoms. The van der Waals surface area contributed by atoms with Gasteiger partial charge in [-0.05, 0) is 42.1 Å². The molecule has 5 nitrogen and oxygen atoms in total. The van der Waals surface area contributed by atoms with Crippen LogP contribution < -0.4 is 5.32 Å². The Balaban J connectivity index is 1.77. The van der Waals surface area contributed by atoms with E-state index in [1.54, 1.807) is 18.2 Å². The first kappa shape index (κ1) is 21.3. The molecule has 1 fully saturated rings. The highest BCUT2D eigenvalue weighted by Gasteiger charge is 2.32. The minimum absolute atomic E-state index is 0.0212. The highest BCUT2D eigenvalue weighted by molar-refractivity contribution is 7.80. The third-order valence-corrected chi connectivity index (χ3v) is 6.02. The zero-order valence-electron chi connectivity index (χ0n) is 16.3. The van der Waals surface area contributed by atoms with Gasteiger partial charge < -0.3 is 4.57 Å². The molecule has 4 rings (SSSR count). The largest absolute Gasteiger partial charge is 0.342 e. The number of carbonyl (C=O) groups is 2. The average molecular weight is 470 g/mol. The molecule has 1 aliphatic rings. The van der Waals surface area contributed by atoms with Crippen LogP contribution in [0.4, 0.5) is 0 Å². The van der Waals surface area contributed by atoms with Crippen LogP contribution in [0.5, 0.6) is 0 Å². The fourth-order valence-corrected chi connectivity index (χ4v) is 4.07. The molecule has 0 spiro atoms. The van der Waals surface area contributed by atoms with Gasteiger partial charge in [-0.2, -0.15) is 0 Å². The van der Waals surface area contributed by atoms with Crippen molar-refractivity contribution in [2.24, 2.45) is 0 Å². The number of hydrogen-bond donors (Lipinski definition) is 1. The van der Waals surface area contributed by atoms with E-state index in [4.69, 9.17) is 35.4 Å². The molecule has 1 saturated heterocycles. The lowest BCUT2D eigenvalue weighted by molar-refractivity contribution is -0.128. The zero-order chi connectivity index (χ0) is 22.1. The van der Waals surface area contributed by atoms with E-state index in [9.17, 15) is 9.59 Å². The summed E-state index contributed by atoms with van der Waals surface area (Å²) in [4.78, 5) is 26.7. The van der Waals surface area contributed by atoms with E-state index in [1.165, 1.54) is 4.90 Å². The molecule has 1 N–H and O–H groups in total. The van der Waals surface area contributed by atoms with Crippen LogP contribution in [0, 0.1) is 0 Å². The minimum Gasteiger partial charge on any atom is -0.342 e. The van der Waals surface area contributed by atoms with Crippen molar-refractivity contribution in [1.29, 1.82) is 0 Å². The van der Waals surface area contributed by atoms with Gasteiger partial charge >= 0.3 is 0 Å². The maximum Gasteiger partial charge on any atom is 0.265 e. The average Bonchev–Trinajstić information content (AvgIpc) is 3.08. The van der Waals surface area contributed by atoms with Crippen molar-refractivity contribution in [2.45, 2.75) is 6.54 Å². The third kappa shape index (κ3) is 4.14. The van der Waals surface area contributed by atoms with Crippen molar-refractivity contribution >= 4 is 69.3 Å². The standard InChI is InChI=1S/C23H17Cl2N3O2S/c1-2-9-28-22(30)17(21(29)26-23(28)31)11-15-13-27(20-6-4-3-5-16(15)20)12-14-7-8-18(24)19(25)10-14/h2-8,10-11,13H,1,9,12H2,(H,26,29,31)/b17-11+. The number of fused-ring (bicyclic) bond motifs is 1. The molecule has 0 atom stereocenters. The molecule has 2 amide bonds. The highest BCUT2D eigenvalue weighted by Crippen LogP contribution is 2.27. The Labute approximate surface area is 194 Å². The molecule has 0 aliphatic carbocycles. The van der Waals surface area contributed by atoms with Gasteiger partial charge in [0, 0.05) is 35.8 Å². The summed E-state index contributed by atoms with van der Waals surface area (Å²) < 4.78 is 2.04. The number of halogens is 2. The summed E-state index contributed by atoms with van der Waals surface area (Å²) in [6.45, 7) is 4.41. The van der Waals surface area contributed by atoms with Crippen LogP contribution in [0.1, 0.15) is 11.1 Å². The smallest absolute Gasteiger partial charge is 0.265 e. The maximum absolute atomic E-state index is 12.9. The van der Waals surface area contributed by atoms with Crippen molar-refractivity contribution in [2.75, 3.05) is 6.54 Å². The van der Waals surface area contributed by atoms with Gasteiger partial charge in [-0.1, -0.05) is 53.5 Å². The normalized spacial score (nSPS) is 15.6. The number of amides is 2. The summed E-state index contributed by atoms with van der Waals surface area (Å²) in [5, 5.41) is 4.55. The molecule has 1 aliphatic heterocycles. The van der Waals surface area contributed by atoms with E-state index in [0.717, 1.165) is 22.0 Å². The van der Waals surface area contributed by atoms with Crippen molar-refractivity contribution in [1.82, 2.24) is 14.8 Å². The fraction of sp³-hybridized carbons (Fsp3) is 0.0870. The molecule has 2 aromatic carbocycles. The second-order valence-electron chi connectivity index (χ2n) is 7.00. The Kier molecular flexibility index (Phi) is 5.96. The Morgan fingerprint density at radius 2 is 1.87 bits per heavy atom. The maximum atomic E-state index is 12.9. The van der Waals surface area contributed by atoms with Crippen LogP contribution in [0.15, 0.2) is 66.9 Å². The van der Waals surface area contributed by atoms with Crippen molar-refractivity contribution < 1.29 is 9.59 Å². The van der Waals surface area contributed by atoms with Crippen molar-refractivity contribution in [3.63, 3.8) is 0 Å². The number of hydrogen-bond acceptors (Lipinski definition) is 3. The van der Waals surface area contributed by atoms with Crippen molar-refractivity contribution in [3.8, 4) is 0 Å². The van der Waals surface area contributed by atoms with E-state index in [1.807, 2.05) is 47.2 Å². The van der Waals surface area contributed by atoms with Gasteiger partial charge in [0.25, 0.3) is 11.8 Å². The number of nitrogens with one attached hydrogen (secondary N) is 1. The molecule has 0 saturated carbocycles. The molecule has 0 radical (unpaired) electrons. The number of para-hydroxylation sites is 1. The summed E-state index contributed by atoms with van der Waals surface area (Å²) in [7, 11) is 0. The number of nitrogens with zero attached hydrogens (tertiary/aromatic N) is 2. The highest BCUT2D eigenvalue weighted by atomic mass is 35.5. The monoisotopic (exact) mass is 469 g/mol. The first-order valence-corrected chi connectivity index (χ1v) is 10.6. The second kappa shape index (κ2) is 8.67. The van der Waals surface area contributed by atoms with Gasteiger partial charge in [0.1, 0.15) is 5.57 Å². The van der Waals surface area contributed by atoms with Crippen LogP contribution in [0.3, 0.4) is 0 Å². The predicted molar refractivity (Wildman–Crippen MR) is 128 cm³/mol. The molecule has 8 heteroatoms. The molecular formula is C23H17Cl2N3O2S. The number of carbonyl (C=O) groups excluding carboxylic acids is 2. The van der Waals surface area contributed by atoms with Crippen LogP contribution in [0.25, 0.3) is 17.0 Å². The molecular weight excluding hydrogens is 453 g/mol. The van der Waals surface area contributed by atoms with E-state index in [0.29, 0.717) is 16.6 Å². The molecule has 1 aromatic heterocycles. The molecule has 0 bridgehead atoms. The van der Waals surface area contributed by atoms with E-state index < -0.39 is 11.8 Å². The second-order valence-corrected chi connectivity index (χ2v) is 8.20. The van der Waals surface area contributed by atoms with Crippen LogP contribution >= 0.6 is 35.4 Å². The summed E-state index contributed by atoms with van der Waals surface area (Å²) in [5.74, 6) is -0.966. The Hall–Kier alpha value is -2.93. The Morgan fingerprint density at radius 3 is 2.61 bits per heavy atom. The fourth-order valence-electron chi connectivity index (χ4n) is 3.50. The minimum atomic E-state index is -0.517. The first-order valence-electron chi connectivity index (χ1n) is 9.40. The summed E-state index contributed by atoms with van der Waals surface area (Å²) in [6, 6.07) is 13.3. The number of thiocarbonyl (C=S) groups is 1. The van der Waals surface area contributed by atoms with Gasteiger partial charge in [0.2, 0.25) is 0 Å². The predicted octanol–water partition coefficient (Wildman–Crippen LogP) is 4.81. The summed E-state index contributed by atoms with van der Waals surface area (Å²) in [5.41, 5.74) is 2.71. The third-order valence-electron chi connectivity index (χ3n) is 4.95. The Bertz CT molecular complexity index is 1280. The number of benzene rings is 2. The van der Waals surface area contributed by atoms with Gasteiger partial charge in [-0.25, -0.2) is 0 Å². The summed E-state index contributed by atoms with van der Waals surface area (Å²) >= 11 is 17.3.